The molecule has 3 rings (SSSR count). The van der Waals surface area contributed by atoms with Crippen molar-refractivity contribution in [2.75, 3.05) is 24.7 Å². The molecule has 1 amide bonds. The van der Waals surface area contributed by atoms with Gasteiger partial charge in [0.25, 0.3) is 0 Å². The smallest absolute Gasteiger partial charge is 0.243 e. The average Bonchev–Trinajstić information content (AvgIpc) is 2.86. The lowest BCUT2D eigenvalue weighted by Gasteiger charge is -2.14. The van der Waals surface area contributed by atoms with Gasteiger partial charge >= 0.3 is 0 Å². The maximum absolute atomic E-state index is 11.8. The third-order valence-corrected chi connectivity index (χ3v) is 6.35. The first-order chi connectivity index (χ1) is 17.7. The average molecular weight is 532 g/mol. The Balaban J connectivity index is 1.73. The molecule has 0 saturated carbocycles. The summed E-state index contributed by atoms with van der Waals surface area (Å²) in [7, 11) is -2.11. The van der Waals surface area contributed by atoms with Crippen molar-refractivity contribution in [2.24, 2.45) is 0 Å². The molecule has 0 saturated heterocycles. The number of aryl methyl sites for hydroxylation is 1. The SMILES string of the molecule is COc1ncc(-c2cc(OCCCCCCCCC(=O)NO)c3ncnc(C)c3c2)cc1NS(C)(=O)=O. The number of benzene rings is 1. The second kappa shape index (κ2) is 13.2. The summed E-state index contributed by atoms with van der Waals surface area (Å²) in [4.78, 5) is 24.0. The van der Waals surface area contributed by atoms with Crippen LogP contribution in [0.3, 0.4) is 0 Å². The van der Waals surface area contributed by atoms with Crippen molar-refractivity contribution >= 4 is 32.5 Å². The normalized spacial score (nSPS) is 11.4. The predicted molar refractivity (Wildman–Crippen MR) is 140 cm³/mol. The zero-order valence-corrected chi connectivity index (χ0v) is 22.1. The Hall–Kier alpha value is -3.51. The number of hydrogen-bond donors (Lipinski definition) is 3. The Kier molecular flexibility index (Phi) is 9.98. The number of nitrogens with zero attached hydrogens (tertiary/aromatic N) is 3. The van der Waals surface area contributed by atoms with E-state index in [1.165, 1.54) is 13.4 Å². The molecule has 0 fully saturated rings. The van der Waals surface area contributed by atoms with Gasteiger partial charge in [0, 0.05) is 29.3 Å². The number of pyridine rings is 1. The number of sulfonamides is 1. The Morgan fingerprint density at radius 2 is 1.73 bits per heavy atom. The van der Waals surface area contributed by atoms with E-state index in [2.05, 4.69) is 19.7 Å². The van der Waals surface area contributed by atoms with Crippen LogP contribution in [-0.4, -0.2) is 54.5 Å². The molecular weight excluding hydrogens is 498 g/mol. The van der Waals surface area contributed by atoms with E-state index in [0.717, 1.165) is 61.4 Å². The van der Waals surface area contributed by atoms with Crippen molar-refractivity contribution in [2.45, 2.75) is 51.9 Å². The van der Waals surface area contributed by atoms with E-state index in [1.807, 2.05) is 19.1 Å². The van der Waals surface area contributed by atoms with Crippen molar-refractivity contribution in [1.82, 2.24) is 20.4 Å². The molecule has 3 aromatic rings. The molecule has 0 bridgehead atoms. The molecule has 11 nitrogen and oxygen atoms in total. The van der Waals surface area contributed by atoms with E-state index in [0.29, 0.717) is 29.9 Å². The number of amides is 1. The molecule has 3 N–H and O–H groups in total. The largest absolute Gasteiger partial charge is 0.491 e. The summed E-state index contributed by atoms with van der Waals surface area (Å²) in [5.41, 5.74) is 4.84. The molecule has 37 heavy (non-hydrogen) atoms. The first-order valence-corrected chi connectivity index (χ1v) is 13.9. The quantitative estimate of drug-likeness (QED) is 0.159. The van der Waals surface area contributed by atoms with Gasteiger partial charge in [-0.25, -0.2) is 28.8 Å². The Labute approximate surface area is 216 Å². The summed E-state index contributed by atoms with van der Waals surface area (Å²) in [6, 6.07) is 5.47. The fourth-order valence-electron chi connectivity index (χ4n) is 3.91. The van der Waals surface area contributed by atoms with Crippen molar-refractivity contribution in [3.8, 4) is 22.8 Å². The molecule has 12 heteroatoms. The minimum atomic E-state index is -3.53. The van der Waals surface area contributed by atoms with Gasteiger partial charge in [0.2, 0.25) is 21.8 Å². The number of fused-ring (bicyclic) bond motifs is 1. The van der Waals surface area contributed by atoms with Crippen LogP contribution >= 0.6 is 0 Å². The Morgan fingerprint density at radius 1 is 1.00 bits per heavy atom. The zero-order valence-electron chi connectivity index (χ0n) is 21.3. The number of anilines is 1. The van der Waals surface area contributed by atoms with Gasteiger partial charge in [-0.2, -0.15) is 0 Å². The van der Waals surface area contributed by atoms with Gasteiger partial charge in [0.15, 0.2) is 0 Å². The molecule has 0 aliphatic carbocycles. The van der Waals surface area contributed by atoms with Crippen LogP contribution in [0.4, 0.5) is 5.69 Å². The molecule has 0 aliphatic heterocycles. The van der Waals surface area contributed by atoms with Gasteiger partial charge in [0.05, 0.1) is 20.0 Å². The molecule has 2 heterocycles. The summed E-state index contributed by atoms with van der Waals surface area (Å²) >= 11 is 0. The number of carbonyl (C=O) groups is 1. The molecule has 0 spiro atoms. The number of hydrogen-bond acceptors (Lipinski definition) is 9. The van der Waals surface area contributed by atoms with Crippen molar-refractivity contribution in [1.29, 1.82) is 0 Å². The van der Waals surface area contributed by atoms with E-state index in [9.17, 15) is 13.2 Å². The fraction of sp³-hybridized carbons (Fsp3) is 0.440. The third-order valence-electron chi connectivity index (χ3n) is 5.76. The van der Waals surface area contributed by atoms with Crippen LogP contribution in [0, 0.1) is 6.92 Å². The highest BCUT2D eigenvalue weighted by molar-refractivity contribution is 7.92. The lowest BCUT2D eigenvalue weighted by molar-refractivity contribution is -0.129. The first kappa shape index (κ1) is 28.1. The second-order valence-electron chi connectivity index (χ2n) is 8.74. The molecule has 200 valence electrons. The van der Waals surface area contributed by atoms with Crippen LogP contribution in [0.5, 0.6) is 11.6 Å². The van der Waals surface area contributed by atoms with Gasteiger partial charge in [-0.1, -0.05) is 25.7 Å². The molecule has 0 atom stereocenters. The highest BCUT2D eigenvalue weighted by atomic mass is 32.2. The standard InChI is InChI=1S/C25H33N5O6S/c1-17-20-12-18(19-13-21(30-37(3,33)34)25(35-2)26-15-19)14-22(24(20)28-16-27-17)36-11-9-7-5-4-6-8-10-23(31)29-32/h12-16,30,32H,4-11H2,1-3H3,(H,29,31). The first-order valence-electron chi connectivity index (χ1n) is 12.0. The van der Waals surface area contributed by atoms with Crippen LogP contribution in [0.25, 0.3) is 22.0 Å². The number of rotatable bonds is 14. The molecule has 0 aliphatic rings. The number of hydroxylamine groups is 1. The Morgan fingerprint density at radius 3 is 2.43 bits per heavy atom. The summed E-state index contributed by atoms with van der Waals surface area (Å²) in [6.45, 7) is 2.40. The monoisotopic (exact) mass is 531 g/mol. The second-order valence-corrected chi connectivity index (χ2v) is 10.5. The van der Waals surface area contributed by atoms with E-state index >= 15 is 0 Å². The maximum Gasteiger partial charge on any atom is 0.243 e. The number of nitrogens with one attached hydrogen (secondary N) is 2. The Bertz CT molecular complexity index is 1330. The molecule has 1 aromatic carbocycles. The van der Waals surface area contributed by atoms with Crippen LogP contribution in [0.2, 0.25) is 0 Å². The number of unbranched alkanes of at least 4 members (excludes halogenated alkanes) is 5. The minimum absolute atomic E-state index is 0.169. The summed E-state index contributed by atoms with van der Waals surface area (Å²) in [6.07, 6.45) is 10.1. The highest BCUT2D eigenvalue weighted by Crippen LogP contribution is 2.35. The maximum atomic E-state index is 11.8. The number of aromatic nitrogens is 3. The summed E-state index contributed by atoms with van der Waals surface area (Å²) < 4.78 is 37.4. The van der Waals surface area contributed by atoms with Crippen LogP contribution in [0.1, 0.15) is 50.6 Å². The number of methoxy groups -OCH3 is 1. The molecular formula is C25H33N5O6S. The number of carbonyl (C=O) groups excluding carboxylic acids is 1. The van der Waals surface area contributed by atoms with Gasteiger partial charge in [-0.15, -0.1) is 0 Å². The number of ether oxygens (including phenoxy) is 2. The van der Waals surface area contributed by atoms with Crippen molar-refractivity contribution in [3.05, 3.63) is 36.4 Å². The van der Waals surface area contributed by atoms with Crippen LogP contribution in [0.15, 0.2) is 30.7 Å². The lowest BCUT2D eigenvalue weighted by atomic mass is 10.0. The summed E-state index contributed by atoms with van der Waals surface area (Å²) in [5, 5.41) is 9.34. The van der Waals surface area contributed by atoms with Gasteiger partial charge in [-0.3, -0.25) is 14.7 Å². The van der Waals surface area contributed by atoms with Crippen LogP contribution in [-0.2, 0) is 14.8 Å². The van der Waals surface area contributed by atoms with E-state index in [-0.39, 0.29) is 17.5 Å². The van der Waals surface area contributed by atoms with Crippen LogP contribution < -0.4 is 19.7 Å². The molecule has 0 radical (unpaired) electrons. The van der Waals surface area contributed by atoms with Gasteiger partial charge < -0.3 is 9.47 Å². The highest BCUT2D eigenvalue weighted by Gasteiger charge is 2.15. The topological polar surface area (TPSA) is 153 Å². The predicted octanol–water partition coefficient (Wildman–Crippen LogP) is 4.00. The zero-order chi connectivity index (χ0) is 26.8. The van der Waals surface area contributed by atoms with E-state index < -0.39 is 10.0 Å². The molecule has 0 unspecified atom stereocenters. The summed E-state index contributed by atoms with van der Waals surface area (Å²) in [5.74, 6) is 0.430. The van der Waals surface area contributed by atoms with Gasteiger partial charge in [0.1, 0.15) is 23.3 Å². The lowest BCUT2D eigenvalue weighted by Crippen LogP contribution is -2.17. The van der Waals surface area contributed by atoms with Crippen molar-refractivity contribution in [3.63, 3.8) is 0 Å². The fourth-order valence-corrected chi connectivity index (χ4v) is 4.46. The third kappa shape index (κ3) is 8.25. The van der Waals surface area contributed by atoms with E-state index in [4.69, 9.17) is 14.7 Å². The minimum Gasteiger partial charge on any atom is -0.491 e. The molecule has 2 aromatic heterocycles. The van der Waals surface area contributed by atoms with Crippen molar-refractivity contribution < 1.29 is 27.9 Å². The van der Waals surface area contributed by atoms with Gasteiger partial charge in [-0.05, 0) is 43.5 Å². The van der Waals surface area contributed by atoms with E-state index in [1.54, 1.807) is 17.7 Å².